The molecule has 1 amide bonds. The lowest BCUT2D eigenvalue weighted by Gasteiger charge is -2.25. The first-order chi connectivity index (χ1) is 16.5. The summed E-state index contributed by atoms with van der Waals surface area (Å²) in [5, 5.41) is 27.1. The number of hydrogen-bond donors (Lipinski definition) is 3. The lowest BCUT2D eigenvalue weighted by atomic mass is 9.98. The summed E-state index contributed by atoms with van der Waals surface area (Å²) in [5.74, 6) is 0.0358. The minimum absolute atomic E-state index is 0.128. The zero-order chi connectivity index (χ0) is 23.9. The predicted molar refractivity (Wildman–Crippen MR) is 130 cm³/mol. The maximum absolute atomic E-state index is 13.3. The number of hydrogen-bond acceptors (Lipinski definition) is 6. The van der Waals surface area contributed by atoms with Gasteiger partial charge in [-0.25, -0.2) is 0 Å². The van der Waals surface area contributed by atoms with Gasteiger partial charge in [0.15, 0.2) is 0 Å². The first-order valence-corrected chi connectivity index (χ1v) is 11.1. The van der Waals surface area contributed by atoms with Crippen LogP contribution in [0.2, 0.25) is 0 Å². The third kappa shape index (κ3) is 5.57. The van der Waals surface area contributed by atoms with Crippen molar-refractivity contribution in [2.24, 2.45) is 7.05 Å². The molecule has 3 unspecified atom stereocenters. The first kappa shape index (κ1) is 23.0. The lowest BCUT2D eigenvalue weighted by Crippen LogP contribution is -2.48. The van der Waals surface area contributed by atoms with Crippen LogP contribution in [0.1, 0.15) is 41.3 Å². The number of nitriles is 1. The molecular formula is C26H27N7O. The number of aryl methyl sites for hydroxylation is 1. The highest BCUT2D eigenvalue weighted by atomic mass is 16.2. The molecule has 4 rings (SSSR count). The summed E-state index contributed by atoms with van der Waals surface area (Å²) >= 11 is 0. The molecule has 0 spiro atoms. The molecule has 8 heteroatoms. The van der Waals surface area contributed by atoms with E-state index in [0.29, 0.717) is 12.1 Å². The minimum Gasteiger partial charge on any atom is -0.367 e. The van der Waals surface area contributed by atoms with E-state index in [-0.39, 0.29) is 18.0 Å². The van der Waals surface area contributed by atoms with E-state index in [0.717, 1.165) is 22.4 Å². The van der Waals surface area contributed by atoms with Crippen molar-refractivity contribution in [2.45, 2.75) is 25.0 Å². The van der Waals surface area contributed by atoms with E-state index in [9.17, 15) is 4.79 Å². The third-order valence-electron chi connectivity index (χ3n) is 5.71. The Morgan fingerprint density at radius 2 is 1.94 bits per heavy atom. The summed E-state index contributed by atoms with van der Waals surface area (Å²) in [6.45, 7) is 2.70. The van der Waals surface area contributed by atoms with Gasteiger partial charge in [-0.1, -0.05) is 55.5 Å². The Hall–Kier alpha value is -4.22. The van der Waals surface area contributed by atoms with Crippen LogP contribution >= 0.6 is 0 Å². The number of rotatable bonds is 8. The molecule has 3 N–H and O–H groups in total. The Balaban J connectivity index is 1.40. The standard InChI is InChI=1S/C26H27N7O/c1-18(20-10-8-19(14-27)9-11-20)15-29-25(21-6-4-3-5-7-21)26(34)31-24-13-12-22(16-28-24)23-17-30-33(2)32-23/h3-13,16-18,24-25,28-29H,15H2,1-2H3,(H,31,34). The van der Waals surface area contributed by atoms with Gasteiger partial charge >= 0.3 is 0 Å². The van der Waals surface area contributed by atoms with Crippen LogP contribution in [0, 0.1) is 11.3 Å². The van der Waals surface area contributed by atoms with Crippen molar-refractivity contribution in [1.29, 1.82) is 5.26 Å². The van der Waals surface area contributed by atoms with Crippen molar-refractivity contribution in [3.63, 3.8) is 0 Å². The highest BCUT2D eigenvalue weighted by molar-refractivity contribution is 5.84. The topological polar surface area (TPSA) is 108 Å². The third-order valence-corrected chi connectivity index (χ3v) is 5.71. The van der Waals surface area contributed by atoms with Gasteiger partial charge in [-0.05, 0) is 35.3 Å². The Kier molecular flexibility index (Phi) is 7.16. The van der Waals surface area contributed by atoms with Crippen LogP contribution in [0.15, 0.2) is 79.1 Å². The molecule has 172 valence electrons. The molecule has 1 aliphatic rings. The smallest absolute Gasteiger partial charge is 0.243 e. The lowest BCUT2D eigenvalue weighted by molar-refractivity contribution is -0.123. The maximum Gasteiger partial charge on any atom is 0.243 e. The van der Waals surface area contributed by atoms with Crippen molar-refractivity contribution in [2.75, 3.05) is 6.54 Å². The fraction of sp³-hybridized carbons (Fsp3) is 0.231. The summed E-state index contributed by atoms with van der Waals surface area (Å²) in [6.07, 6.45) is 7.00. The molecule has 0 radical (unpaired) electrons. The van der Waals surface area contributed by atoms with E-state index in [1.807, 2.05) is 72.9 Å². The van der Waals surface area contributed by atoms with E-state index in [1.165, 1.54) is 4.80 Å². The number of amides is 1. The van der Waals surface area contributed by atoms with Gasteiger partial charge in [0.25, 0.3) is 0 Å². The van der Waals surface area contributed by atoms with Crippen molar-refractivity contribution < 1.29 is 4.79 Å². The Morgan fingerprint density at radius 1 is 1.18 bits per heavy atom. The Labute approximate surface area is 199 Å². The highest BCUT2D eigenvalue weighted by Crippen LogP contribution is 2.19. The fourth-order valence-corrected chi connectivity index (χ4v) is 3.75. The normalized spacial score (nSPS) is 16.6. The summed E-state index contributed by atoms with van der Waals surface area (Å²) in [6, 6.07) is 18.9. The van der Waals surface area contributed by atoms with E-state index in [4.69, 9.17) is 5.26 Å². The number of benzene rings is 2. The van der Waals surface area contributed by atoms with Crippen LogP contribution in [0.5, 0.6) is 0 Å². The molecule has 1 aromatic heterocycles. The summed E-state index contributed by atoms with van der Waals surface area (Å²) < 4.78 is 0. The molecule has 8 nitrogen and oxygen atoms in total. The van der Waals surface area contributed by atoms with Gasteiger partial charge in [-0.3, -0.25) is 4.79 Å². The molecule has 0 saturated heterocycles. The van der Waals surface area contributed by atoms with E-state index in [1.54, 1.807) is 13.2 Å². The van der Waals surface area contributed by atoms with Gasteiger partial charge in [-0.2, -0.15) is 20.3 Å². The number of nitrogens with zero attached hydrogens (tertiary/aromatic N) is 4. The van der Waals surface area contributed by atoms with Crippen LogP contribution in [0.4, 0.5) is 0 Å². The molecular weight excluding hydrogens is 426 g/mol. The second kappa shape index (κ2) is 10.6. The molecule has 0 bridgehead atoms. The zero-order valence-corrected chi connectivity index (χ0v) is 19.1. The van der Waals surface area contributed by atoms with Gasteiger partial charge in [0.1, 0.15) is 17.9 Å². The van der Waals surface area contributed by atoms with Crippen molar-refractivity contribution in [1.82, 2.24) is 30.9 Å². The number of carbonyl (C=O) groups is 1. The van der Waals surface area contributed by atoms with E-state index < -0.39 is 6.04 Å². The second-order valence-electron chi connectivity index (χ2n) is 8.22. The summed E-state index contributed by atoms with van der Waals surface area (Å²) in [4.78, 5) is 14.8. The minimum atomic E-state index is -0.511. The molecule has 3 atom stereocenters. The van der Waals surface area contributed by atoms with Gasteiger partial charge in [-0.15, -0.1) is 0 Å². The fourth-order valence-electron chi connectivity index (χ4n) is 3.75. The molecule has 0 aliphatic carbocycles. The van der Waals surface area contributed by atoms with Crippen molar-refractivity contribution >= 4 is 11.5 Å². The average Bonchev–Trinajstić information content (AvgIpc) is 3.31. The van der Waals surface area contributed by atoms with Crippen LogP contribution in [0.25, 0.3) is 5.57 Å². The largest absolute Gasteiger partial charge is 0.367 e. The second-order valence-corrected chi connectivity index (χ2v) is 8.22. The van der Waals surface area contributed by atoms with E-state index >= 15 is 0 Å². The SMILES string of the molecule is CC(CNC(C(=O)NC1C=CC(c2cnn(C)n2)=CN1)c1ccccc1)c1ccc(C#N)cc1. The monoisotopic (exact) mass is 453 g/mol. The van der Waals surface area contributed by atoms with Gasteiger partial charge in [0.05, 0.1) is 17.8 Å². The number of dihydropyridines is 1. The number of aromatic nitrogens is 3. The van der Waals surface area contributed by atoms with Gasteiger partial charge < -0.3 is 16.0 Å². The van der Waals surface area contributed by atoms with E-state index in [2.05, 4.69) is 39.1 Å². The van der Waals surface area contributed by atoms with Crippen LogP contribution in [-0.4, -0.2) is 33.6 Å². The summed E-state index contributed by atoms with van der Waals surface area (Å²) in [5.41, 5.74) is 4.29. The molecule has 2 aromatic carbocycles. The molecule has 3 aromatic rings. The molecule has 0 saturated carbocycles. The van der Waals surface area contributed by atoms with Crippen LogP contribution in [0.3, 0.4) is 0 Å². The zero-order valence-electron chi connectivity index (χ0n) is 19.1. The summed E-state index contributed by atoms with van der Waals surface area (Å²) in [7, 11) is 1.77. The number of allylic oxidation sites excluding steroid dienone is 2. The van der Waals surface area contributed by atoms with Crippen LogP contribution in [-0.2, 0) is 11.8 Å². The number of nitrogens with one attached hydrogen (secondary N) is 3. The molecule has 34 heavy (non-hydrogen) atoms. The number of carbonyl (C=O) groups excluding carboxylic acids is 1. The van der Waals surface area contributed by atoms with Crippen molar-refractivity contribution in [3.05, 3.63) is 102 Å². The maximum atomic E-state index is 13.3. The molecule has 2 heterocycles. The Bertz CT molecular complexity index is 1220. The quantitative estimate of drug-likeness (QED) is 0.484. The Morgan fingerprint density at radius 3 is 2.56 bits per heavy atom. The van der Waals surface area contributed by atoms with Crippen LogP contribution < -0.4 is 16.0 Å². The average molecular weight is 454 g/mol. The predicted octanol–water partition coefficient (Wildman–Crippen LogP) is 2.76. The molecule has 1 aliphatic heterocycles. The van der Waals surface area contributed by atoms with Gasteiger partial charge in [0, 0.05) is 25.4 Å². The van der Waals surface area contributed by atoms with Gasteiger partial charge in [0.2, 0.25) is 5.91 Å². The van der Waals surface area contributed by atoms with Crippen molar-refractivity contribution in [3.8, 4) is 6.07 Å². The highest BCUT2D eigenvalue weighted by Gasteiger charge is 2.23. The first-order valence-electron chi connectivity index (χ1n) is 11.1. The molecule has 0 fully saturated rings.